The van der Waals surface area contributed by atoms with Crippen LogP contribution in [0, 0.1) is 3.57 Å². The first-order chi connectivity index (χ1) is 7.55. The summed E-state index contributed by atoms with van der Waals surface area (Å²) in [7, 11) is -2.80. The quantitative estimate of drug-likeness (QED) is 0.806. The highest BCUT2D eigenvalue weighted by molar-refractivity contribution is 14.1. The molecule has 88 valence electrons. The van der Waals surface area contributed by atoms with Gasteiger partial charge in [0.1, 0.15) is 9.84 Å². The zero-order valence-corrected chi connectivity index (χ0v) is 11.5. The number of hydrogen-bond donors (Lipinski definition) is 1. The summed E-state index contributed by atoms with van der Waals surface area (Å²) in [5.41, 5.74) is 0. The maximum atomic E-state index is 11.2. The average Bonchev–Trinajstić information content (AvgIpc) is 2.24. The Hall–Kier alpha value is -0.440. The van der Waals surface area contributed by atoms with Crippen molar-refractivity contribution in [1.29, 1.82) is 0 Å². The second-order valence-corrected chi connectivity index (χ2v) is 7.34. The average molecular weight is 353 g/mol. The van der Waals surface area contributed by atoms with Crippen LogP contribution in [0.3, 0.4) is 0 Å². The first kappa shape index (κ1) is 12.0. The monoisotopic (exact) mass is 353 g/mol. The summed E-state index contributed by atoms with van der Waals surface area (Å²) in [5, 5.41) is 3.16. The first-order valence-corrected chi connectivity index (χ1v) is 7.90. The molecule has 7 heteroatoms. The van der Waals surface area contributed by atoms with Crippen LogP contribution in [0.4, 0.5) is 5.95 Å². The molecule has 1 aromatic rings. The third-order valence-corrected chi connectivity index (χ3v) is 4.78. The van der Waals surface area contributed by atoms with E-state index in [1.54, 1.807) is 12.4 Å². The summed E-state index contributed by atoms with van der Waals surface area (Å²) in [6.07, 6.45) is 4.74. The van der Waals surface area contributed by atoms with Gasteiger partial charge in [0.25, 0.3) is 0 Å². The fraction of sp³-hybridized carbons (Fsp3) is 0.556. The van der Waals surface area contributed by atoms with Crippen molar-refractivity contribution < 1.29 is 8.42 Å². The van der Waals surface area contributed by atoms with E-state index in [0.717, 1.165) is 3.57 Å². The lowest BCUT2D eigenvalue weighted by Crippen LogP contribution is -2.32. The largest absolute Gasteiger partial charge is 0.351 e. The summed E-state index contributed by atoms with van der Waals surface area (Å²) < 4.78 is 23.4. The second-order valence-electron chi connectivity index (χ2n) is 3.80. The van der Waals surface area contributed by atoms with Crippen LogP contribution in [0.15, 0.2) is 12.4 Å². The fourth-order valence-electron chi connectivity index (χ4n) is 1.60. The van der Waals surface area contributed by atoms with E-state index >= 15 is 0 Å². The number of anilines is 1. The highest BCUT2D eigenvalue weighted by atomic mass is 127. The van der Waals surface area contributed by atoms with Gasteiger partial charge < -0.3 is 5.32 Å². The molecule has 0 aliphatic carbocycles. The zero-order valence-electron chi connectivity index (χ0n) is 8.56. The van der Waals surface area contributed by atoms with Crippen LogP contribution < -0.4 is 5.32 Å². The van der Waals surface area contributed by atoms with Gasteiger partial charge in [0, 0.05) is 22.0 Å². The molecule has 0 bridgehead atoms. The van der Waals surface area contributed by atoms with Crippen LogP contribution in [0.1, 0.15) is 12.8 Å². The van der Waals surface area contributed by atoms with Gasteiger partial charge in [-0.15, -0.1) is 0 Å². The van der Waals surface area contributed by atoms with Gasteiger partial charge in [-0.3, -0.25) is 0 Å². The molecule has 1 aliphatic heterocycles. The van der Waals surface area contributed by atoms with Crippen molar-refractivity contribution in [3.8, 4) is 0 Å². The molecule has 1 fully saturated rings. The van der Waals surface area contributed by atoms with Gasteiger partial charge in [-0.1, -0.05) is 0 Å². The number of nitrogens with zero attached hydrogens (tertiary/aromatic N) is 2. The van der Waals surface area contributed by atoms with Crippen molar-refractivity contribution in [3.63, 3.8) is 0 Å². The van der Waals surface area contributed by atoms with E-state index in [1.807, 2.05) is 0 Å². The van der Waals surface area contributed by atoms with E-state index in [2.05, 4.69) is 37.9 Å². The number of nitrogens with one attached hydrogen (secondary N) is 1. The summed E-state index contributed by atoms with van der Waals surface area (Å²) in [6.45, 7) is 0. The van der Waals surface area contributed by atoms with Gasteiger partial charge >= 0.3 is 0 Å². The Morgan fingerprint density at radius 3 is 2.38 bits per heavy atom. The van der Waals surface area contributed by atoms with E-state index in [0.29, 0.717) is 18.8 Å². The first-order valence-electron chi connectivity index (χ1n) is 5.00. The van der Waals surface area contributed by atoms with Crippen molar-refractivity contribution in [2.75, 3.05) is 16.8 Å². The highest BCUT2D eigenvalue weighted by Gasteiger charge is 2.23. The lowest BCUT2D eigenvalue weighted by atomic mass is 10.2. The Morgan fingerprint density at radius 1 is 1.25 bits per heavy atom. The fourth-order valence-corrected chi connectivity index (χ4v) is 3.37. The molecule has 0 aromatic carbocycles. The van der Waals surface area contributed by atoms with Gasteiger partial charge in [0.15, 0.2) is 0 Å². The van der Waals surface area contributed by atoms with Crippen LogP contribution in [0.2, 0.25) is 0 Å². The van der Waals surface area contributed by atoms with Crippen molar-refractivity contribution in [1.82, 2.24) is 9.97 Å². The predicted molar refractivity (Wildman–Crippen MR) is 70.0 cm³/mol. The predicted octanol–water partition coefficient (Wildman–Crippen LogP) is 1.07. The number of hydrogen-bond acceptors (Lipinski definition) is 5. The third kappa shape index (κ3) is 3.27. The van der Waals surface area contributed by atoms with Crippen LogP contribution in [-0.2, 0) is 9.84 Å². The molecule has 0 amide bonds. The Morgan fingerprint density at radius 2 is 1.81 bits per heavy atom. The minimum Gasteiger partial charge on any atom is -0.351 e. The topological polar surface area (TPSA) is 72.0 Å². The van der Waals surface area contributed by atoms with Crippen molar-refractivity contribution in [3.05, 3.63) is 16.0 Å². The molecule has 1 aliphatic rings. The van der Waals surface area contributed by atoms with Crippen LogP contribution in [0.25, 0.3) is 0 Å². The number of rotatable bonds is 2. The van der Waals surface area contributed by atoms with Gasteiger partial charge in [-0.25, -0.2) is 18.4 Å². The molecule has 16 heavy (non-hydrogen) atoms. The molecule has 1 saturated heterocycles. The molecular formula is C9H12IN3O2S. The summed E-state index contributed by atoms with van der Waals surface area (Å²) in [5.74, 6) is 1.09. The third-order valence-electron chi connectivity index (χ3n) is 2.51. The highest BCUT2D eigenvalue weighted by Crippen LogP contribution is 2.15. The molecule has 1 aromatic heterocycles. The SMILES string of the molecule is O=S1(=O)CCC(Nc2ncc(I)cn2)CC1. The minimum absolute atomic E-state index is 0.170. The van der Waals surface area contributed by atoms with E-state index in [4.69, 9.17) is 0 Å². The summed E-state index contributed by atoms with van der Waals surface area (Å²) in [6, 6.07) is 0.170. The van der Waals surface area contributed by atoms with E-state index in [9.17, 15) is 8.42 Å². The van der Waals surface area contributed by atoms with Crippen molar-refractivity contribution in [2.45, 2.75) is 18.9 Å². The maximum Gasteiger partial charge on any atom is 0.222 e. The molecule has 0 atom stereocenters. The second kappa shape index (κ2) is 4.82. The smallest absolute Gasteiger partial charge is 0.222 e. The van der Waals surface area contributed by atoms with Crippen molar-refractivity contribution in [2.24, 2.45) is 0 Å². The van der Waals surface area contributed by atoms with Gasteiger partial charge in [0.05, 0.1) is 11.5 Å². The molecule has 2 heterocycles. The molecule has 2 rings (SSSR count). The molecule has 1 N–H and O–H groups in total. The van der Waals surface area contributed by atoms with Gasteiger partial charge in [0.2, 0.25) is 5.95 Å². The van der Waals surface area contributed by atoms with Gasteiger partial charge in [-0.05, 0) is 35.4 Å². The van der Waals surface area contributed by atoms with E-state index in [1.165, 1.54) is 0 Å². The van der Waals surface area contributed by atoms with Crippen LogP contribution >= 0.6 is 22.6 Å². The number of aromatic nitrogens is 2. The van der Waals surface area contributed by atoms with Crippen LogP contribution in [-0.4, -0.2) is 35.9 Å². The molecular weight excluding hydrogens is 341 g/mol. The Kier molecular flexibility index (Phi) is 3.63. The minimum atomic E-state index is -2.80. The Labute approximate surface area is 108 Å². The molecule has 0 saturated carbocycles. The summed E-state index contributed by atoms with van der Waals surface area (Å²) in [4.78, 5) is 8.26. The summed E-state index contributed by atoms with van der Waals surface area (Å²) >= 11 is 2.14. The Bertz CT molecular complexity index is 446. The lowest BCUT2D eigenvalue weighted by Gasteiger charge is -2.22. The van der Waals surface area contributed by atoms with E-state index in [-0.39, 0.29) is 17.5 Å². The molecule has 0 radical (unpaired) electrons. The molecule has 0 spiro atoms. The maximum absolute atomic E-state index is 11.2. The normalized spacial score (nSPS) is 20.6. The Balaban J connectivity index is 1.94. The number of sulfone groups is 1. The standard InChI is InChI=1S/C9H12IN3O2S/c10-7-5-11-9(12-6-7)13-8-1-3-16(14,15)4-2-8/h5-6,8H,1-4H2,(H,11,12,13). The van der Waals surface area contributed by atoms with Crippen LogP contribution in [0.5, 0.6) is 0 Å². The molecule has 5 nitrogen and oxygen atoms in total. The zero-order chi connectivity index (χ0) is 11.6. The van der Waals surface area contributed by atoms with Crippen molar-refractivity contribution >= 4 is 38.4 Å². The number of halogens is 1. The van der Waals surface area contributed by atoms with E-state index < -0.39 is 9.84 Å². The lowest BCUT2D eigenvalue weighted by molar-refractivity contribution is 0.558. The van der Waals surface area contributed by atoms with Gasteiger partial charge in [-0.2, -0.15) is 0 Å². The molecule has 0 unspecified atom stereocenters.